The van der Waals surface area contributed by atoms with Crippen LogP contribution < -0.4 is 10.5 Å². The third-order valence-electron chi connectivity index (χ3n) is 3.54. The van der Waals surface area contributed by atoms with Crippen LogP contribution in [-0.2, 0) is 10.0 Å². The fraction of sp³-hybridized carbons (Fsp3) is 0.625. The molecule has 3 N–H and O–H groups in total. The van der Waals surface area contributed by atoms with Crippen molar-refractivity contribution < 1.29 is 8.42 Å². The summed E-state index contributed by atoms with van der Waals surface area (Å²) in [7, 11) is -3.43. The molecule has 0 amide bonds. The van der Waals surface area contributed by atoms with Crippen LogP contribution in [0.2, 0.25) is 0 Å². The van der Waals surface area contributed by atoms with Gasteiger partial charge in [0.05, 0.1) is 4.90 Å². The molecule has 0 fully saturated rings. The van der Waals surface area contributed by atoms with Crippen LogP contribution >= 0.6 is 0 Å². The molecule has 1 rings (SSSR count). The summed E-state index contributed by atoms with van der Waals surface area (Å²) in [5, 5.41) is 0. The molecule has 0 heterocycles. The van der Waals surface area contributed by atoms with Gasteiger partial charge in [0.2, 0.25) is 10.0 Å². The fourth-order valence-corrected chi connectivity index (χ4v) is 3.24. The van der Waals surface area contributed by atoms with Gasteiger partial charge < -0.3 is 5.73 Å². The molecule has 0 aliphatic carbocycles. The van der Waals surface area contributed by atoms with Crippen molar-refractivity contribution >= 4 is 10.0 Å². The minimum Gasteiger partial charge on any atom is -0.324 e. The van der Waals surface area contributed by atoms with E-state index in [1.54, 1.807) is 18.2 Å². The monoisotopic (exact) mass is 312 g/mol. The van der Waals surface area contributed by atoms with Crippen molar-refractivity contribution in [1.82, 2.24) is 4.72 Å². The smallest absolute Gasteiger partial charge is 0.240 e. The van der Waals surface area contributed by atoms with Crippen LogP contribution in [0.1, 0.15) is 58.1 Å². The second-order valence-electron chi connectivity index (χ2n) is 5.87. The van der Waals surface area contributed by atoms with Crippen LogP contribution in [0, 0.1) is 5.92 Å². The van der Waals surface area contributed by atoms with Crippen molar-refractivity contribution in [3.63, 3.8) is 0 Å². The largest absolute Gasteiger partial charge is 0.324 e. The van der Waals surface area contributed by atoms with E-state index in [0.717, 1.165) is 31.2 Å². The van der Waals surface area contributed by atoms with Crippen LogP contribution in [0.25, 0.3) is 0 Å². The quantitative estimate of drug-likeness (QED) is 0.688. The minimum absolute atomic E-state index is 0.119. The third-order valence-corrected chi connectivity index (χ3v) is 5.00. The minimum atomic E-state index is -3.43. The van der Waals surface area contributed by atoms with Crippen molar-refractivity contribution in [2.45, 2.75) is 57.4 Å². The molecule has 5 heteroatoms. The Bertz CT molecular complexity index is 527. The summed E-state index contributed by atoms with van der Waals surface area (Å²) in [4.78, 5) is 0.299. The maximum Gasteiger partial charge on any atom is 0.240 e. The predicted octanol–water partition coefficient (Wildman–Crippen LogP) is 3.20. The zero-order valence-corrected chi connectivity index (χ0v) is 14.1. The molecule has 1 unspecified atom stereocenters. The third kappa shape index (κ3) is 6.16. The predicted molar refractivity (Wildman–Crippen MR) is 87.5 cm³/mol. The van der Waals surface area contributed by atoms with Gasteiger partial charge in [-0.3, -0.25) is 0 Å². The summed E-state index contributed by atoms with van der Waals surface area (Å²) in [5.41, 5.74) is 6.82. The number of unbranched alkanes of at least 4 members (excludes halogenated alkanes) is 1. The lowest BCUT2D eigenvalue weighted by Gasteiger charge is -2.12. The first-order valence-corrected chi connectivity index (χ1v) is 9.20. The van der Waals surface area contributed by atoms with E-state index in [-0.39, 0.29) is 6.04 Å². The maximum atomic E-state index is 12.2. The number of nitrogens with two attached hydrogens (primary N) is 1. The molecule has 0 aliphatic rings. The highest BCUT2D eigenvalue weighted by Gasteiger charge is 2.15. The number of benzene rings is 1. The first-order valence-electron chi connectivity index (χ1n) is 7.72. The highest BCUT2D eigenvalue weighted by atomic mass is 32.2. The van der Waals surface area contributed by atoms with Crippen molar-refractivity contribution in [3.8, 4) is 0 Å². The zero-order chi connectivity index (χ0) is 15.9. The van der Waals surface area contributed by atoms with E-state index in [1.807, 2.05) is 13.0 Å². The molecule has 0 radical (unpaired) electrons. The van der Waals surface area contributed by atoms with Gasteiger partial charge in [-0.15, -0.1) is 0 Å². The lowest BCUT2D eigenvalue weighted by molar-refractivity contribution is 0.530. The summed E-state index contributed by atoms with van der Waals surface area (Å²) in [6.45, 7) is 6.82. The van der Waals surface area contributed by atoms with Gasteiger partial charge in [-0.2, -0.15) is 0 Å². The molecule has 0 aliphatic heterocycles. The maximum absolute atomic E-state index is 12.2. The van der Waals surface area contributed by atoms with E-state index in [9.17, 15) is 8.42 Å². The molecule has 120 valence electrons. The Hall–Kier alpha value is -0.910. The Balaban J connectivity index is 2.62. The molecule has 0 bridgehead atoms. The van der Waals surface area contributed by atoms with Gasteiger partial charge in [0, 0.05) is 12.6 Å². The summed E-state index contributed by atoms with van der Waals surface area (Å²) >= 11 is 0. The Labute approximate surface area is 129 Å². The Kier molecular flexibility index (Phi) is 7.35. The average molecular weight is 312 g/mol. The van der Waals surface area contributed by atoms with Gasteiger partial charge in [-0.1, -0.05) is 45.7 Å². The molecule has 1 aromatic rings. The molecule has 21 heavy (non-hydrogen) atoms. The first-order chi connectivity index (χ1) is 9.86. The highest BCUT2D eigenvalue weighted by Crippen LogP contribution is 2.18. The Morgan fingerprint density at radius 3 is 2.57 bits per heavy atom. The molecule has 1 aromatic carbocycles. The van der Waals surface area contributed by atoms with Gasteiger partial charge in [0.15, 0.2) is 0 Å². The van der Waals surface area contributed by atoms with E-state index in [1.165, 1.54) is 0 Å². The lowest BCUT2D eigenvalue weighted by Crippen LogP contribution is -2.25. The molecule has 0 saturated carbocycles. The topological polar surface area (TPSA) is 72.2 Å². The molecule has 0 spiro atoms. The molecule has 1 atom stereocenters. The lowest BCUT2D eigenvalue weighted by atomic mass is 10.1. The number of rotatable bonds is 9. The van der Waals surface area contributed by atoms with Gasteiger partial charge in [-0.05, 0) is 36.5 Å². The van der Waals surface area contributed by atoms with Crippen molar-refractivity contribution in [2.24, 2.45) is 11.7 Å². The van der Waals surface area contributed by atoms with Crippen molar-refractivity contribution in [3.05, 3.63) is 29.8 Å². The van der Waals surface area contributed by atoms with E-state index < -0.39 is 10.0 Å². The molecule has 4 nitrogen and oxygen atoms in total. The summed E-state index contributed by atoms with van der Waals surface area (Å²) in [5.74, 6) is 0.661. The highest BCUT2D eigenvalue weighted by molar-refractivity contribution is 7.89. The zero-order valence-electron chi connectivity index (χ0n) is 13.3. The average Bonchev–Trinajstić information content (AvgIpc) is 2.45. The number of hydrogen-bond donors (Lipinski definition) is 2. The SMILES string of the molecule is CCC(N)c1cccc(S(=O)(=O)NCCCCC(C)C)c1. The summed E-state index contributed by atoms with van der Waals surface area (Å²) in [6, 6.07) is 6.78. The molecule has 0 saturated heterocycles. The van der Waals surface area contributed by atoms with Gasteiger partial charge in [-0.25, -0.2) is 13.1 Å². The second-order valence-corrected chi connectivity index (χ2v) is 7.64. The van der Waals surface area contributed by atoms with Gasteiger partial charge in [0.25, 0.3) is 0 Å². The number of sulfonamides is 1. The van der Waals surface area contributed by atoms with Crippen LogP contribution in [0.4, 0.5) is 0 Å². The second kappa shape index (κ2) is 8.51. The Morgan fingerprint density at radius 2 is 1.95 bits per heavy atom. The van der Waals surface area contributed by atoms with Crippen molar-refractivity contribution in [2.75, 3.05) is 6.54 Å². The fourth-order valence-electron chi connectivity index (χ4n) is 2.12. The van der Waals surface area contributed by atoms with E-state index in [2.05, 4.69) is 18.6 Å². The normalized spacial score (nSPS) is 13.6. The summed E-state index contributed by atoms with van der Waals surface area (Å²) in [6.07, 6.45) is 3.82. The van der Waals surface area contributed by atoms with Crippen LogP contribution in [-0.4, -0.2) is 15.0 Å². The van der Waals surface area contributed by atoms with Crippen LogP contribution in [0.15, 0.2) is 29.2 Å². The van der Waals surface area contributed by atoms with Crippen LogP contribution in [0.5, 0.6) is 0 Å². The molecular weight excluding hydrogens is 284 g/mol. The summed E-state index contributed by atoms with van der Waals surface area (Å²) < 4.78 is 27.1. The van der Waals surface area contributed by atoms with E-state index >= 15 is 0 Å². The molecule has 0 aromatic heterocycles. The van der Waals surface area contributed by atoms with E-state index in [4.69, 9.17) is 5.73 Å². The molecular formula is C16H28N2O2S. The standard InChI is InChI=1S/C16H28N2O2S/c1-4-16(17)14-9-7-10-15(12-14)21(19,20)18-11-6-5-8-13(2)3/h7,9-10,12-13,16,18H,4-6,8,11,17H2,1-3H3. The number of nitrogens with one attached hydrogen (secondary N) is 1. The first kappa shape index (κ1) is 18.1. The number of hydrogen-bond acceptors (Lipinski definition) is 3. The van der Waals surface area contributed by atoms with E-state index in [0.29, 0.717) is 17.4 Å². The van der Waals surface area contributed by atoms with Gasteiger partial charge >= 0.3 is 0 Å². The van der Waals surface area contributed by atoms with Crippen molar-refractivity contribution in [1.29, 1.82) is 0 Å². The Morgan fingerprint density at radius 1 is 1.24 bits per heavy atom. The van der Waals surface area contributed by atoms with Gasteiger partial charge in [0.1, 0.15) is 0 Å². The van der Waals surface area contributed by atoms with Crippen LogP contribution in [0.3, 0.4) is 0 Å².